The fourth-order valence-electron chi connectivity index (χ4n) is 2.82. The second-order valence-electron chi connectivity index (χ2n) is 5.20. The molecule has 3 aromatic rings. The molecule has 0 saturated heterocycles. The number of anilines is 1. The van der Waals surface area contributed by atoms with Gasteiger partial charge in [0.2, 0.25) is 0 Å². The van der Waals surface area contributed by atoms with Crippen molar-refractivity contribution in [1.82, 2.24) is 4.57 Å². The van der Waals surface area contributed by atoms with Gasteiger partial charge in [0, 0.05) is 27.6 Å². The molecule has 0 saturated carbocycles. The fraction of sp³-hybridized carbons (Fsp3) is 0.167. The summed E-state index contributed by atoms with van der Waals surface area (Å²) in [6.45, 7) is 4.82. The minimum atomic E-state index is -0.0714. The van der Waals surface area contributed by atoms with E-state index in [1.54, 1.807) is 0 Å². The van der Waals surface area contributed by atoms with Crippen LogP contribution >= 0.6 is 15.9 Å². The zero-order valence-corrected chi connectivity index (χ0v) is 14.1. The average molecular weight is 357 g/mol. The van der Waals surface area contributed by atoms with Gasteiger partial charge in [0.05, 0.1) is 0 Å². The van der Waals surface area contributed by atoms with Gasteiger partial charge in [-0.15, -0.1) is 0 Å². The Morgan fingerprint density at radius 2 is 1.82 bits per heavy atom. The van der Waals surface area contributed by atoms with Gasteiger partial charge < -0.3 is 9.88 Å². The highest BCUT2D eigenvalue weighted by atomic mass is 79.9. The van der Waals surface area contributed by atoms with Crippen molar-refractivity contribution >= 4 is 38.4 Å². The van der Waals surface area contributed by atoms with E-state index in [9.17, 15) is 4.79 Å². The molecule has 22 heavy (non-hydrogen) atoms. The van der Waals surface area contributed by atoms with Gasteiger partial charge in [-0.1, -0.05) is 34.1 Å². The molecule has 3 rings (SSSR count). The van der Waals surface area contributed by atoms with Crippen LogP contribution in [0, 0.1) is 6.92 Å². The average Bonchev–Trinajstić information content (AvgIpc) is 2.82. The lowest BCUT2D eigenvalue weighted by Gasteiger charge is -2.10. The summed E-state index contributed by atoms with van der Waals surface area (Å²) >= 11 is 3.40. The summed E-state index contributed by atoms with van der Waals surface area (Å²) in [6.07, 6.45) is 0. The summed E-state index contributed by atoms with van der Waals surface area (Å²) in [4.78, 5) is 12.7. The van der Waals surface area contributed by atoms with Crippen LogP contribution in [0.15, 0.2) is 53.0 Å². The van der Waals surface area contributed by atoms with Crippen LogP contribution in [-0.4, -0.2) is 10.5 Å². The third kappa shape index (κ3) is 2.55. The van der Waals surface area contributed by atoms with E-state index in [2.05, 4.69) is 44.9 Å². The SMILES string of the molecule is CCn1c(C(=O)Nc2ccc(Br)cc2)c(C)c2ccccc21. The molecule has 1 N–H and O–H groups in total. The van der Waals surface area contributed by atoms with Crippen molar-refractivity contribution < 1.29 is 4.79 Å². The van der Waals surface area contributed by atoms with E-state index in [0.717, 1.165) is 38.9 Å². The molecule has 1 aromatic heterocycles. The maximum absolute atomic E-state index is 12.7. The Morgan fingerprint density at radius 3 is 2.50 bits per heavy atom. The molecule has 1 heterocycles. The number of hydrogen-bond acceptors (Lipinski definition) is 1. The number of nitrogens with one attached hydrogen (secondary N) is 1. The number of hydrogen-bond donors (Lipinski definition) is 1. The van der Waals surface area contributed by atoms with Gasteiger partial charge in [-0.05, 0) is 49.7 Å². The molecule has 0 spiro atoms. The van der Waals surface area contributed by atoms with E-state index in [0.29, 0.717) is 0 Å². The van der Waals surface area contributed by atoms with Crippen molar-refractivity contribution in [2.45, 2.75) is 20.4 Å². The molecular formula is C18H17BrN2O. The Balaban J connectivity index is 2.03. The van der Waals surface area contributed by atoms with Crippen LogP contribution in [0.1, 0.15) is 23.0 Å². The van der Waals surface area contributed by atoms with Crippen molar-refractivity contribution in [2.24, 2.45) is 0 Å². The Morgan fingerprint density at radius 1 is 1.14 bits per heavy atom. The van der Waals surface area contributed by atoms with Gasteiger partial charge in [0.25, 0.3) is 5.91 Å². The Labute approximate surface area is 138 Å². The Hall–Kier alpha value is -2.07. The standard InChI is InChI=1S/C18H17BrN2O/c1-3-21-16-7-5-4-6-15(16)12(2)17(21)18(22)20-14-10-8-13(19)9-11-14/h4-11H,3H2,1-2H3,(H,20,22). The van der Waals surface area contributed by atoms with Gasteiger partial charge >= 0.3 is 0 Å². The molecule has 0 fully saturated rings. The quantitative estimate of drug-likeness (QED) is 0.704. The van der Waals surface area contributed by atoms with Crippen molar-refractivity contribution in [3.63, 3.8) is 0 Å². The first-order chi connectivity index (χ1) is 10.6. The van der Waals surface area contributed by atoms with Crippen LogP contribution in [-0.2, 0) is 6.54 Å². The zero-order chi connectivity index (χ0) is 15.7. The molecule has 3 nitrogen and oxygen atoms in total. The van der Waals surface area contributed by atoms with E-state index >= 15 is 0 Å². The first-order valence-corrected chi connectivity index (χ1v) is 8.06. The normalized spacial score (nSPS) is 10.9. The zero-order valence-electron chi connectivity index (χ0n) is 12.6. The van der Waals surface area contributed by atoms with Crippen LogP contribution in [0.25, 0.3) is 10.9 Å². The molecular weight excluding hydrogens is 340 g/mol. The molecule has 0 radical (unpaired) electrons. The molecule has 0 aliphatic rings. The highest BCUT2D eigenvalue weighted by Crippen LogP contribution is 2.26. The largest absolute Gasteiger partial charge is 0.337 e. The number of carbonyl (C=O) groups excluding carboxylic acids is 1. The third-order valence-electron chi connectivity index (χ3n) is 3.86. The molecule has 112 valence electrons. The molecule has 0 aliphatic heterocycles. The number of rotatable bonds is 3. The lowest BCUT2D eigenvalue weighted by atomic mass is 10.1. The minimum Gasteiger partial charge on any atom is -0.337 e. The molecule has 0 aliphatic carbocycles. The lowest BCUT2D eigenvalue weighted by molar-refractivity contribution is 0.101. The summed E-state index contributed by atoms with van der Waals surface area (Å²) in [5.74, 6) is -0.0714. The van der Waals surface area contributed by atoms with Crippen LogP contribution in [0.4, 0.5) is 5.69 Å². The molecule has 1 amide bonds. The van der Waals surface area contributed by atoms with E-state index in [1.807, 2.05) is 43.3 Å². The second kappa shape index (κ2) is 5.97. The van der Waals surface area contributed by atoms with Gasteiger partial charge in [0.1, 0.15) is 5.69 Å². The maximum Gasteiger partial charge on any atom is 0.272 e. The predicted octanol–water partition coefficient (Wildman–Crippen LogP) is 4.98. The number of fused-ring (bicyclic) bond motifs is 1. The van der Waals surface area contributed by atoms with E-state index in [-0.39, 0.29) is 5.91 Å². The Kier molecular flexibility index (Phi) is 4.03. The Bertz CT molecular complexity index is 834. The van der Waals surface area contributed by atoms with Crippen LogP contribution in [0.5, 0.6) is 0 Å². The summed E-state index contributed by atoms with van der Waals surface area (Å²) in [5.41, 5.74) is 3.64. The molecule has 0 unspecified atom stereocenters. The first kappa shape index (κ1) is 14.9. The number of para-hydroxylation sites is 1. The van der Waals surface area contributed by atoms with E-state index < -0.39 is 0 Å². The number of amides is 1. The molecule has 0 bridgehead atoms. The van der Waals surface area contributed by atoms with Gasteiger partial charge in [-0.25, -0.2) is 0 Å². The van der Waals surface area contributed by atoms with Crippen LogP contribution in [0.2, 0.25) is 0 Å². The molecule has 0 atom stereocenters. The minimum absolute atomic E-state index is 0.0714. The van der Waals surface area contributed by atoms with Crippen molar-refractivity contribution in [3.8, 4) is 0 Å². The topological polar surface area (TPSA) is 34.0 Å². The number of benzene rings is 2. The number of carbonyl (C=O) groups is 1. The van der Waals surface area contributed by atoms with Gasteiger partial charge in [-0.2, -0.15) is 0 Å². The lowest BCUT2D eigenvalue weighted by Crippen LogP contribution is -2.17. The maximum atomic E-state index is 12.7. The predicted molar refractivity (Wildman–Crippen MR) is 94.4 cm³/mol. The van der Waals surface area contributed by atoms with Crippen LogP contribution < -0.4 is 5.32 Å². The van der Waals surface area contributed by atoms with Gasteiger partial charge in [0.15, 0.2) is 0 Å². The summed E-state index contributed by atoms with van der Waals surface area (Å²) in [6, 6.07) is 15.7. The fourth-order valence-corrected chi connectivity index (χ4v) is 3.09. The van der Waals surface area contributed by atoms with E-state index in [4.69, 9.17) is 0 Å². The number of aryl methyl sites for hydroxylation is 2. The molecule has 2 aromatic carbocycles. The third-order valence-corrected chi connectivity index (χ3v) is 4.39. The summed E-state index contributed by atoms with van der Waals surface area (Å²) < 4.78 is 3.06. The number of halogens is 1. The van der Waals surface area contributed by atoms with Crippen molar-refractivity contribution in [3.05, 3.63) is 64.3 Å². The van der Waals surface area contributed by atoms with Crippen molar-refractivity contribution in [2.75, 3.05) is 5.32 Å². The highest BCUT2D eigenvalue weighted by molar-refractivity contribution is 9.10. The highest BCUT2D eigenvalue weighted by Gasteiger charge is 2.19. The number of nitrogens with zero attached hydrogens (tertiary/aromatic N) is 1. The monoisotopic (exact) mass is 356 g/mol. The second-order valence-corrected chi connectivity index (χ2v) is 6.11. The summed E-state index contributed by atoms with van der Waals surface area (Å²) in [7, 11) is 0. The van der Waals surface area contributed by atoms with Crippen LogP contribution in [0.3, 0.4) is 0 Å². The van der Waals surface area contributed by atoms with Gasteiger partial charge in [-0.3, -0.25) is 4.79 Å². The first-order valence-electron chi connectivity index (χ1n) is 7.26. The smallest absolute Gasteiger partial charge is 0.272 e. The molecule has 4 heteroatoms. The summed E-state index contributed by atoms with van der Waals surface area (Å²) in [5, 5.41) is 4.11. The van der Waals surface area contributed by atoms with E-state index in [1.165, 1.54) is 0 Å². The number of aromatic nitrogens is 1. The van der Waals surface area contributed by atoms with Crippen molar-refractivity contribution in [1.29, 1.82) is 0 Å².